The lowest BCUT2D eigenvalue weighted by molar-refractivity contribution is -0.170. The molecular weight excluding hydrogens is 136 g/mol. The first kappa shape index (κ1) is 6.27. The van der Waals surface area contributed by atoms with Gasteiger partial charge in [-0.3, -0.25) is 4.79 Å². The van der Waals surface area contributed by atoms with Gasteiger partial charge in [0, 0.05) is 6.42 Å². The molecule has 10 heavy (non-hydrogen) atoms. The molecule has 1 N–H and O–H groups in total. The molecule has 0 aliphatic carbocycles. The summed E-state index contributed by atoms with van der Waals surface area (Å²) in [5, 5.41) is 9.06. The Bertz CT molecular complexity index is 167. The van der Waals surface area contributed by atoms with Crippen molar-refractivity contribution in [2.24, 2.45) is 0 Å². The first-order valence-corrected chi connectivity index (χ1v) is 3.25. The van der Waals surface area contributed by atoms with Gasteiger partial charge in [0.2, 0.25) is 0 Å². The van der Waals surface area contributed by atoms with Crippen molar-refractivity contribution in [2.45, 2.75) is 24.9 Å². The lowest BCUT2D eigenvalue weighted by Crippen LogP contribution is -2.40. The maximum absolute atomic E-state index is 10.8. The molecule has 2 bridgehead atoms. The van der Waals surface area contributed by atoms with Crippen LogP contribution in [0.2, 0.25) is 0 Å². The fourth-order valence-corrected chi connectivity index (χ4v) is 1.24. The molecule has 0 aromatic heterocycles. The number of hydrogen-bond donors (Lipinski definition) is 1. The summed E-state index contributed by atoms with van der Waals surface area (Å²) in [4.78, 5) is 10.8. The second-order valence-electron chi connectivity index (χ2n) is 2.58. The third kappa shape index (κ3) is 0.767. The van der Waals surface area contributed by atoms with Crippen LogP contribution < -0.4 is 0 Å². The van der Waals surface area contributed by atoms with Crippen molar-refractivity contribution in [3.05, 3.63) is 0 Å². The minimum absolute atomic E-state index is 0.110. The molecule has 2 heterocycles. The second kappa shape index (κ2) is 2.02. The average molecular weight is 144 g/mol. The normalized spacial score (nSPS) is 46.1. The van der Waals surface area contributed by atoms with E-state index in [1.54, 1.807) is 0 Å². The van der Waals surface area contributed by atoms with Gasteiger partial charge in [-0.1, -0.05) is 0 Å². The Morgan fingerprint density at radius 3 is 3.20 bits per heavy atom. The Hall–Kier alpha value is -0.450. The molecule has 56 valence electrons. The molecule has 0 radical (unpaired) electrons. The molecule has 0 aromatic carbocycles. The summed E-state index contributed by atoms with van der Waals surface area (Å²) in [6, 6.07) is 0. The van der Waals surface area contributed by atoms with Gasteiger partial charge in [-0.05, 0) is 0 Å². The van der Waals surface area contributed by atoms with Crippen LogP contribution in [0.4, 0.5) is 0 Å². The number of aliphatic hydroxyl groups is 1. The number of ether oxygens (including phenoxy) is 2. The zero-order valence-corrected chi connectivity index (χ0v) is 5.32. The largest absolute Gasteiger partial charge is 0.380 e. The van der Waals surface area contributed by atoms with Crippen LogP contribution in [0, 0.1) is 0 Å². The van der Waals surface area contributed by atoms with Gasteiger partial charge in [-0.25, -0.2) is 0 Å². The summed E-state index contributed by atoms with van der Waals surface area (Å²) in [5.41, 5.74) is 0. The van der Waals surface area contributed by atoms with E-state index < -0.39 is 12.4 Å². The van der Waals surface area contributed by atoms with Gasteiger partial charge in [-0.15, -0.1) is 0 Å². The van der Waals surface area contributed by atoms with E-state index in [1.165, 1.54) is 0 Å². The summed E-state index contributed by atoms with van der Waals surface area (Å²) in [7, 11) is 0. The molecule has 2 fully saturated rings. The van der Waals surface area contributed by atoms with Crippen LogP contribution in [0.1, 0.15) is 6.42 Å². The Morgan fingerprint density at radius 1 is 1.60 bits per heavy atom. The topological polar surface area (TPSA) is 55.8 Å². The number of carbonyl (C=O) groups is 1. The highest BCUT2D eigenvalue weighted by molar-refractivity contribution is 5.84. The van der Waals surface area contributed by atoms with E-state index in [0.717, 1.165) is 0 Å². The molecule has 2 rings (SSSR count). The van der Waals surface area contributed by atoms with Crippen molar-refractivity contribution < 1.29 is 19.4 Å². The van der Waals surface area contributed by atoms with Gasteiger partial charge in [0.05, 0.1) is 12.7 Å². The van der Waals surface area contributed by atoms with Crippen LogP contribution in [-0.4, -0.2) is 36.0 Å². The predicted octanol–water partition coefficient (Wildman–Crippen LogP) is -0.938. The van der Waals surface area contributed by atoms with Crippen molar-refractivity contribution >= 4 is 5.78 Å². The summed E-state index contributed by atoms with van der Waals surface area (Å²) < 4.78 is 10.1. The Balaban J connectivity index is 2.17. The van der Waals surface area contributed by atoms with Gasteiger partial charge >= 0.3 is 0 Å². The Labute approximate surface area is 57.7 Å². The summed E-state index contributed by atoms with van der Waals surface area (Å²) >= 11 is 0. The monoisotopic (exact) mass is 144 g/mol. The average Bonchev–Trinajstić information content (AvgIpc) is 2.29. The lowest BCUT2D eigenvalue weighted by Gasteiger charge is -2.21. The molecule has 0 amide bonds. The number of hydrogen-bond acceptors (Lipinski definition) is 4. The molecule has 0 saturated carbocycles. The van der Waals surface area contributed by atoms with Gasteiger partial charge in [0.25, 0.3) is 0 Å². The minimum Gasteiger partial charge on any atom is -0.380 e. The van der Waals surface area contributed by atoms with Gasteiger partial charge in [0.15, 0.2) is 18.2 Å². The van der Waals surface area contributed by atoms with Gasteiger partial charge in [0.1, 0.15) is 0 Å². The second-order valence-corrected chi connectivity index (χ2v) is 2.58. The van der Waals surface area contributed by atoms with Crippen LogP contribution in [0.15, 0.2) is 0 Å². The highest BCUT2D eigenvalue weighted by Gasteiger charge is 2.42. The molecule has 0 spiro atoms. The van der Waals surface area contributed by atoms with Crippen LogP contribution in [0.5, 0.6) is 0 Å². The highest BCUT2D eigenvalue weighted by Crippen LogP contribution is 2.24. The maximum Gasteiger partial charge on any atom is 0.191 e. The van der Waals surface area contributed by atoms with Crippen molar-refractivity contribution in [1.29, 1.82) is 0 Å². The number of fused-ring (bicyclic) bond motifs is 2. The fraction of sp³-hybridized carbons (Fsp3) is 0.833. The molecule has 4 heteroatoms. The first-order chi connectivity index (χ1) is 4.77. The molecular formula is C6H8O4. The maximum atomic E-state index is 10.8. The summed E-state index contributed by atoms with van der Waals surface area (Å²) in [5.74, 6) is -0.168. The highest BCUT2D eigenvalue weighted by atomic mass is 16.7. The zero-order valence-electron chi connectivity index (χ0n) is 5.32. The van der Waals surface area contributed by atoms with E-state index in [2.05, 4.69) is 0 Å². The van der Waals surface area contributed by atoms with Crippen LogP contribution in [0.3, 0.4) is 0 Å². The Kier molecular flexibility index (Phi) is 1.26. The predicted molar refractivity (Wildman–Crippen MR) is 30.2 cm³/mol. The number of aliphatic hydroxyl groups excluding tert-OH is 1. The number of rotatable bonds is 0. The van der Waals surface area contributed by atoms with E-state index in [-0.39, 0.29) is 18.3 Å². The van der Waals surface area contributed by atoms with Gasteiger partial charge in [-0.2, -0.15) is 0 Å². The molecule has 0 aromatic rings. The number of Topliss-reactive ketones (excluding diaryl/α,β-unsaturated/α-hetero) is 1. The van der Waals surface area contributed by atoms with E-state index in [1.807, 2.05) is 0 Å². The molecule has 4 nitrogen and oxygen atoms in total. The summed E-state index contributed by atoms with van der Waals surface area (Å²) in [6.45, 7) is 0.438. The van der Waals surface area contributed by atoms with Crippen molar-refractivity contribution in [3.63, 3.8) is 0 Å². The third-order valence-electron chi connectivity index (χ3n) is 1.79. The lowest BCUT2D eigenvalue weighted by atomic mass is 10.1. The van der Waals surface area contributed by atoms with Crippen LogP contribution >= 0.6 is 0 Å². The quantitative estimate of drug-likeness (QED) is 0.476. The van der Waals surface area contributed by atoms with Gasteiger partial charge < -0.3 is 14.6 Å². The van der Waals surface area contributed by atoms with E-state index in [9.17, 15) is 4.79 Å². The van der Waals surface area contributed by atoms with Crippen LogP contribution in [0.25, 0.3) is 0 Å². The summed E-state index contributed by atoms with van der Waals surface area (Å²) in [6.07, 6.45) is -1.57. The van der Waals surface area contributed by atoms with E-state index in [4.69, 9.17) is 14.6 Å². The number of ketones is 1. The van der Waals surface area contributed by atoms with E-state index in [0.29, 0.717) is 6.61 Å². The van der Waals surface area contributed by atoms with Crippen LogP contribution in [-0.2, 0) is 14.3 Å². The van der Waals surface area contributed by atoms with Crippen molar-refractivity contribution in [1.82, 2.24) is 0 Å². The molecule has 2 saturated heterocycles. The van der Waals surface area contributed by atoms with E-state index >= 15 is 0 Å². The third-order valence-corrected chi connectivity index (χ3v) is 1.79. The number of carbonyl (C=O) groups excluding carboxylic acids is 1. The molecule has 3 atom stereocenters. The van der Waals surface area contributed by atoms with Crippen molar-refractivity contribution in [3.8, 4) is 0 Å². The van der Waals surface area contributed by atoms with Crippen molar-refractivity contribution in [2.75, 3.05) is 6.61 Å². The molecule has 2 aliphatic heterocycles. The molecule has 2 aliphatic rings. The first-order valence-electron chi connectivity index (χ1n) is 3.25. The SMILES string of the molecule is O=C1C[C@H]2CO[C@H](O2)[C@@H]1O. The fourth-order valence-electron chi connectivity index (χ4n) is 1.24. The molecule has 0 unspecified atom stereocenters. The standard InChI is InChI=1S/C6H8O4/c7-4-1-3-2-9-6(10-3)5(4)8/h3,5-6,8H,1-2H2/t3-,5+,6+/m0/s1. The minimum atomic E-state index is -1.06. The Morgan fingerprint density at radius 2 is 2.40 bits per heavy atom. The zero-order chi connectivity index (χ0) is 7.14. The smallest absolute Gasteiger partial charge is 0.191 e.